The number of rotatable bonds is 3. The number of aromatic nitrogens is 1. The smallest absolute Gasteiger partial charge is 0.379 e. The molecule has 5 heteroatoms. The van der Waals surface area contributed by atoms with Gasteiger partial charge in [0.2, 0.25) is 0 Å². The van der Waals surface area contributed by atoms with E-state index >= 15 is 0 Å². The lowest BCUT2D eigenvalue weighted by Crippen LogP contribution is -2.19. The molecule has 0 bridgehead atoms. The lowest BCUT2D eigenvalue weighted by Gasteiger charge is -2.12. The summed E-state index contributed by atoms with van der Waals surface area (Å²) >= 11 is 0. The lowest BCUT2D eigenvalue weighted by molar-refractivity contribution is -0.206. The van der Waals surface area contributed by atoms with E-state index in [4.69, 9.17) is 5.11 Å². The summed E-state index contributed by atoms with van der Waals surface area (Å²) in [6, 6.07) is 1.29. The molecule has 2 nitrogen and oxygen atoms in total. The number of aliphatic hydroxyl groups excluding tert-OH is 1. The van der Waals surface area contributed by atoms with Crippen LogP contribution in [0.2, 0.25) is 0 Å². The summed E-state index contributed by atoms with van der Waals surface area (Å²) in [6.45, 7) is 2.59. The second kappa shape index (κ2) is 4.04. The fourth-order valence-corrected chi connectivity index (χ4v) is 1.21. The molecule has 0 aliphatic rings. The van der Waals surface area contributed by atoms with Crippen molar-refractivity contribution in [2.75, 3.05) is 0 Å². The molecule has 1 aromatic heterocycles. The fourth-order valence-electron chi connectivity index (χ4n) is 1.21. The molecule has 0 fully saturated rings. The van der Waals surface area contributed by atoms with Crippen LogP contribution in [0.15, 0.2) is 18.5 Å². The molecule has 1 rings (SSSR count). The predicted octanol–water partition coefficient (Wildman–Crippen LogP) is 2.49. The minimum absolute atomic E-state index is 0.106. The van der Waals surface area contributed by atoms with E-state index in [0.29, 0.717) is 6.54 Å². The van der Waals surface area contributed by atoms with Crippen molar-refractivity contribution < 1.29 is 18.3 Å². The van der Waals surface area contributed by atoms with Gasteiger partial charge in [-0.05, 0) is 12.5 Å². The number of aryl methyl sites for hydroxylation is 1. The van der Waals surface area contributed by atoms with Crippen LogP contribution in [0, 0.1) is 0 Å². The van der Waals surface area contributed by atoms with Crippen LogP contribution in [0.5, 0.6) is 0 Å². The molecular formula is C9H12F3NO. The van der Waals surface area contributed by atoms with Crippen LogP contribution in [-0.2, 0) is 6.54 Å². The van der Waals surface area contributed by atoms with E-state index in [1.54, 1.807) is 4.57 Å². The number of aliphatic hydroxyl groups is 1. The van der Waals surface area contributed by atoms with Gasteiger partial charge in [0.1, 0.15) is 0 Å². The van der Waals surface area contributed by atoms with E-state index in [9.17, 15) is 13.2 Å². The molecule has 0 amide bonds. The minimum Gasteiger partial charge on any atom is -0.379 e. The first-order valence-electron chi connectivity index (χ1n) is 4.35. The molecule has 0 aromatic carbocycles. The van der Waals surface area contributed by atoms with Crippen LogP contribution in [-0.4, -0.2) is 15.8 Å². The van der Waals surface area contributed by atoms with Crippen molar-refractivity contribution in [1.29, 1.82) is 0 Å². The second-order valence-electron chi connectivity index (χ2n) is 3.13. The quantitative estimate of drug-likeness (QED) is 0.809. The monoisotopic (exact) mass is 207 g/mol. The van der Waals surface area contributed by atoms with Gasteiger partial charge in [-0.2, -0.15) is 13.2 Å². The third-order valence-corrected chi connectivity index (χ3v) is 1.88. The van der Waals surface area contributed by atoms with Gasteiger partial charge in [0, 0.05) is 24.5 Å². The Morgan fingerprint density at radius 2 is 2.14 bits per heavy atom. The van der Waals surface area contributed by atoms with Gasteiger partial charge in [-0.3, -0.25) is 0 Å². The highest BCUT2D eigenvalue weighted by Gasteiger charge is 2.39. The van der Waals surface area contributed by atoms with Crippen molar-refractivity contribution in [3.8, 4) is 0 Å². The summed E-state index contributed by atoms with van der Waals surface area (Å²) in [5.74, 6) is 0. The Bertz CT molecular complexity index is 292. The summed E-state index contributed by atoms with van der Waals surface area (Å²) in [5.41, 5.74) is -0.106. The number of hydrogen-bond donors (Lipinski definition) is 1. The molecule has 14 heavy (non-hydrogen) atoms. The van der Waals surface area contributed by atoms with Gasteiger partial charge in [0.25, 0.3) is 0 Å². The van der Waals surface area contributed by atoms with E-state index in [1.165, 1.54) is 18.5 Å². The largest absolute Gasteiger partial charge is 0.418 e. The third kappa shape index (κ3) is 2.51. The highest BCUT2D eigenvalue weighted by Crippen LogP contribution is 2.32. The van der Waals surface area contributed by atoms with Crippen LogP contribution in [0.25, 0.3) is 0 Å². The molecule has 1 aromatic rings. The number of alkyl halides is 3. The van der Waals surface area contributed by atoms with Gasteiger partial charge in [0.05, 0.1) is 0 Å². The van der Waals surface area contributed by atoms with Crippen LogP contribution in [0.1, 0.15) is 25.0 Å². The summed E-state index contributed by atoms with van der Waals surface area (Å²) in [5, 5.41) is 8.90. The topological polar surface area (TPSA) is 25.2 Å². The molecule has 1 N–H and O–H groups in total. The van der Waals surface area contributed by atoms with Gasteiger partial charge in [-0.1, -0.05) is 6.92 Å². The van der Waals surface area contributed by atoms with Crippen molar-refractivity contribution in [2.24, 2.45) is 0 Å². The zero-order chi connectivity index (χ0) is 10.8. The van der Waals surface area contributed by atoms with E-state index in [2.05, 4.69) is 0 Å². The van der Waals surface area contributed by atoms with Crippen molar-refractivity contribution in [1.82, 2.24) is 4.57 Å². The first-order valence-corrected chi connectivity index (χ1v) is 4.35. The highest BCUT2D eigenvalue weighted by atomic mass is 19.4. The number of hydrogen-bond acceptors (Lipinski definition) is 1. The van der Waals surface area contributed by atoms with Crippen molar-refractivity contribution >= 4 is 0 Å². The molecule has 1 heterocycles. The number of halogens is 3. The average Bonchev–Trinajstić information content (AvgIpc) is 2.50. The number of nitrogens with zero attached hydrogens (tertiary/aromatic N) is 1. The van der Waals surface area contributed by atoms with Gasteiger partial charge in [-0.25, -0.2) is 0 Å². The Kier molecular flexibility index (Phi) is 3.21. The zero-order valence-corrected chi connectivity index (χ0v) is 7.75. The first-order chi connectivity index (χ1) is 6.45. The molecule has 0 saturated carbocycles. The van der Waals surface area contributed by atoms with Crippen LogP contribution in [0.3, 0.4) is 0 Å². The van der Waals surface area contributed by atoms with E-state index in [0.717, 1.165) is 6.42 Å². The standard InChI is InChI=1S/C9H12F3NO/c1-2-4-13-5-3-7(6-13)8(14)9(10,11)12/h3,5-6,8,14H,2,4H2,1H3. The average molecular weight is 207 g/mol. The fraction of sp³-hybridized carbons (Fsp3) is 0.556. The summed E-state index contributed by atoms with van der Waals surface area (Å²) in [7, 11) is 0. The van der Waals surface area contributed by atoms with Crippen molar-refractivity contribution in [3.63, 3.8) is 0 Å². The Hall–Kier alpha value is -0.970. The SMILES string of the molecule is CCCn1ccc(C(O)C(F)(F)F)c1. The molecule has 80 valence electrons. The van der Waals surface area contributed by atoms with Gasteiger partial charge >= 0.3 is 6.18 Å². The molecule has 0 spiro atoms. The van der Waals surface area contributed by atoms with Gasteiger partial charge < -0.3 is 9.67 Å². The van der Waals surface area contributed by atoms with Gasteiger partial charge in [0.15, 0.2) is 6.10 Å². The molecule has 0 aliphatic carbocycles. The van der Waals surface area contributed by atoms with Crippen LogP contribution >= 0.6 is 0 Å². The molecule has 0 radical (unpaired) electrons. The Labute approximate surface area is 80.0 Å². The summed E-state index contributed by atoms with van der Waals surface area (Å²) in [4.78, 5) is 0. The van der Waals surface area contributed by atoms with E-state index in [-0.39, 0.29) is 5.56 Å². The zero-order valence-electron chi connectivity index (χ0n) is 7.75. The summed E-state index contributed by atoms with van der Waals surface area (Å²) in [6.07, 6.45) is -3.26. The van der Waals surface area contributed by atoms with E-state index in [1.807, 2.05) is 6.92 Å². The van der Waals surface area contributed by atoms with Gasteiger partial charge in [-0.15, -0.1) is 0 Å². The lowest BCUT2D eigenvalue weighted by atomic mass is 10.2. The molecule has 0 aliphatic heterocycles. The maximum absolute atomic E-state index is 12.1. The van der Waals surface area contributed by atoms with Crippen molar-refractivity contribution in [2.45, 2.75) is 32.2 Å². The molecule has 1 unspecified atom stereocenters. The minimum atomic E-state index is -4.58. The maximum atomic E-state index is 12.1. The Balaban J connectivity index is 2.76. The van der Waals surface area contributed by atoms with E-state index < -0.39 is 12.3 Å². The molecule has 0 saturated heterocycles. The Morgan fingerprint density at radius 3 is 2.64 bits per heavy atom. The second-order valence-corrected chi connectivity index (χ2v) is 3.13. The summed E-state index contributed by atoms with van der Waals surface area (Å²) < 4.78 is 37.8. The highest BCUT2D eigenvalue weighted by molar-refractivity contribution is 5.15. The molecule has 1 atom stereocenters. The normalized spacial score (nSPS) is 14.4. The van der Waals surface area contributed by atoms with Crippen LogP contribution in [0.4, 0.5) is 13.2 Å². The first kappa shape index (κ1) is 11.1. The Morgan fingerprint density at radius 1 is 1.50 bits per heavy atom. The predicted molar refractivity (Wildman–Crippen MR) is 45.7 cm³/mol. The third-order valence-electron chi connectivity index (χ3n) is 1.88. The molecular weight excluding hydrogens is 195 g/mol. The van der Waals surface area contributed by atoms with Crippen molar-refractivity contribution in [3.05, 3.63) is 24.0 Å². The van der Waals surface area contributed by atoms with Crippen LogP contribution < -0.4 is 0 Å². The maximum Gasteiger partial charge on any atom is 0.418 e.